The SMILES string of the molecule is CC(C)c1ccncc1C1CCOCC1. The third-order valence-corrected chi connectivity index (χ3v) is 3.17. The van der Waals surface area contributed by atoms with Crippen molar-refractivity contribution >= 4 is 0 Å². The third kappa shape index (κ3) is 2.37. The normalized spacial score (nSPS) is 18.3. The van der Waals surface area contributed by atoms with E-state index in [1.807, 2.05) is 12.4 Å². The lowest BCUT2D eigenvalue weighted by Gasteiger charge is -2.25. The van der Waals surface area contributed by atoms with Crippen molar-refractivity contribution in [2.45, 2.75) is 38.5 Å². The molecule has 1 aromatic heterocycles. The van der Waals surface area contributed by atoms with Gasteiger partial charge in [-0.2, -0.15) is 0 Å². The number of aromatic nitrogens is 1. The molecule has 0 bridgehead atoms. The van der Waals surface area contributed by atoms with Crippen LogP contribution in [-0.4, -0.2) is 18.2 Å². The van der Waals surface area contributed by atoms with Gasteiger partial charge in [0, 0.05) is 25.6 Å². The van der Waals surface area contributed by atoms with E-state index >= 15 is 0 Å². The molecule has 2 heterocycles. The molecule has 1 saturated heterocycles. The minimum Gasteiger partial charge on any atom is -0.381 e. The highest BCUT2D eigenvalue weighted by atomic mass is 16.5. The Balaban J connectivity index is 2.25. The fourth-order valence-electron chi connectivity index (χ4n) is 2.29. The van der Waals surface area contributed by atoms with Crippen LogP contribution >= 0.6 is 0 Å². The van der Waals surface area contributed by atoms with E-state index in [4.69, 9.17) is 4.74 Å². The maximum atomic E-state index is 5.40. The van der Waals surface area contributed by atoms with Gasteiger partial charge in [0.1, 0.15) is 0 Å². The Morgan fingerprint density at radius 1 is 1.33 bits per heavy atom. The molecule has 0 unspecified atom stereocenters. The molecule has 0 spiro atoms. The first kappa shape index (κ1) is 10.6. The van der Waals surface area contributed by atoms with E-state index in [1.165, 1.54) is 11.1 Å². The monoisotopic (exact) mass is 205 g/mol. The zero-order valence-electron chi connectivity index (χ0n) is 9.57. The van der Waals surface area contributed by atoms with Gasteiger partial charge in [-0.15, -0.1) is 0 Å². The molecular weight excluding hydrogens is 186 g/mol. The topological polar surface area (TPSA) is 22.1 Å². The van der Waals surface area contributed by atoms with E-state index in [1.54, 1.807) is 0 Å². The molecule has 15 heavy (non-hydrogen) atoms. The first-order valence-corrected chi connectivity index (χ1v) is 5.80. The standard InChI is InChI=1S/C13H19NO/c1-10(2)12-3-6-14-9-13(12)11-4-7-15-8-5-11/h3,6,9-11H,4-5,7-8H2,1-2H3. The summed E-state index contributed by atoms with van der Waals surface area (Å²) in [6.45, 7) is 6.30. The van der Waals surface area contributed by atoms with E-state index in [-0.39, 0.29) is 0 Å². The summed E-state index contributed by atoms with van der Waals surface area (Å²) < 4.78 is 5.40. The molecule has 0 aromatic carbocycles. The van der Waals surface area contributed by atoms with Crippen LogP contribution in [0.15, 0.2) is 18.5 Å². The molecule has 1 aliphatic rings. The van der Waals surface area contributed by atoms with Crippen LogP contribution in [0.2, 0.25) is 0 Å². The molecule has 1 fully saturated rings. The van der Waals surface area contributed by atoms with Crippen LogP contribution in [0.1, 0.15) is 49.7 Å². The van der Waals surface area contributed by atoms with E-state index in [0.717, 1.165) is 26.1 Å². The molecule has 0 atom stereocenters. The summed E-state index contributed by atoms with van der Waals surface area (Å²) in [7, 11) is 0. The lowest BCUT2D eigenvalue weighted by Crippen LogP contribution is -2.16. The van der Waals surface area contributed by atoms with Crippen LogP contribution in [0, 0.1) is 0 Å². The molecule has 0 amide bonds. The minimum atomic E-state index is 0.589. The Bertz CT molecular complexity index is 316. The maximum Gasteiger partial charge on any atom is 0.0471 e. The van der Waals surface area contributed by atoms with Gasteiger partial charge in [0.25, 0.3) is 0 Å². The number of pyridine rings is 1. The lowest BCUT2D eigenvalue weighted by molar-refractivity contribution is 0.0850. The lowest BCUT2D eigenvalue weighted by atomic mass is 9.86. The van der Waals surface area contributed by atoms with Crippen LogP contribution in [0.3, 0.4) is 0 Å². The van der Waals surface area contributed by atoms with Crippen LogP contribution < -0.4 is 0 Å². The summed E-state index contributed by atoms with van der Waals surface area (Å²) >= 11 is 0. The molecule has 0 N–H and O–H groups in total. The predicted molar refractivity (Wildman–Crippen MR) is 61.1 cm³/mol. The molecule has 0 radical (unpaired) electrons. The van der Waals surface area contributed by atoms with Crippen molar-refractivity contribution in [1.82, 2.24) is 4.98 Å². The summed E-state index contributed by atoms with van der Waals surface area (Å²) in [5.41, 5.74) is 2.90. The summed E-state index contributed by atoms with van der Waals surface area (Å²) in [6.07, 6.45) is 6.24. The van der Waals surface area contributed by atoms with Gasteiger partial charge < -0.3 is 4.74 Å². The van der Waals surface area contributed by atoms with Crippen molar-refractivity contribution in [3.05, 3.63) is 29.6 Å². The fourth-order valence-corrected chi connectivity index (χ4v) is 2.29. The second-order valence-corrected chi connectivity index (χ2v) is 4.55. The van der Waals surface area contributed by atoms with Crippen molar-refractivity contribution in [3.8, 4) is 0 Å². The van der Waals surface area contributed by atoms with Gasteiger partial charge in [-0.1, -0.05) is 13.8 Å². The first-order valence-electron chi connectivity index (χ1n) is 5.80. The van der Waals surface area contributed by atoms with Crippen molar-refractivity contribution in [3.63, 3.8) is 0 Å². The molecule has 1 aromatic rings. The second kappa shape index (κ2) is 4.75. The van der Waals surface area contributed by atoms with Gasteiger partial charge in [0.15, 0.2) is 0 Å². The second-order valence-electron chi connectivity index (χ2n) is 4.55. The molecule has 2 heteroatoms. The van der Waals surface area contributed by atoms with E-state index in [9.17, 15) is 0 Å². The molecule has 82 valence electrons. The Morgan fingerprint density at radius 2 is 2.07 bits per heavy atom. The first-order chi connectivity index (χ1) is 7.29. The molecule has 0 aliphatic carbocycles. The van der Waals surface area contributed by atoms with Crippen LogP contribution in [0.5, 0.6) is 0 Å². The quantitative estimate of drug-likeness (QED) is 0.740. The Labute approximate surface area is 91.7 Å². The number of nitrogens with zero attached hydrogens (tertiary/aromatic N) is 1. The number of hydrogen-bond donors (Lipinski definition) is 0. The summed E-state index contributed by atoms with van der Waals surface area (Å²) in [5, 5.41) is 0. The summed E-state index contributed by atoms with van der Waals surface area (Å²) in [4.78, 5) is 4.26. The molecule has 2 nitrogen and oxygen atoms in total. The van der Waals surface area contributed by atoms with Gasteiger partial charge in [-0.05, 0) is 41.9 Å². The van der Waals surface area contributed by atoms with E-state index in [2.05, 4.69) is 24.9 Å². The van der Waals surface area contributed by atoms with Crippen molar-refractivity contribution in [1.29, 1.82) is 0 Å². The Kier molecular flexibility index (Phi) is 3.37. The van der Waals surface area contributed by atoms with Gasteiger partial charge in [-0.3, -0.25) is 4.98 Å². The zero-order valence-corrected chi connectivity index (χ0v) is 9.57. The van der Waals surface area contributed by atoms with Crippen molar-refractivity contribution < 1.29 is 4.74 Å². The van der Waals surface area contributed by atoms with Crippen LogP contribution in [0.25, 0.3) is 0 Å². The predicted octanol–water partition coefficient (Wildman–Crippen LogP) is 3.10. The van der Waals surface area contributed by atoms with Crippen molar-refractivity contribution in [2.24, 2.45) is 0 Å². The van der Waals surface area contributed by atoms with E-state index in [0.29, 0.717) is 11.8 Å². The van der Waals surface area contributed by atoms with Gasteiger partial charge in [-0.25, -0.2) is 0 Å². The van der Waals surface area contributed by atoms with Crippen LogP contribution in [0.4, 0.5) is 0 Å². The average Bonchev–Trinajstić information content (AvgIpc) is 2.30. The largest absolute Gasteiger partial charge is 0.381 e. The minimum absolute atomic E-state index is 0.589. The molecular formula is C13H19NO. The molecule has 0 saturated carbocycles. The third-order valence-electron chi connectivity index (χ3n) is 3.17. The maximum absolute atomic E-state index is 5.40. The molecule has 2 rings (SSSR count). The highest BCUT2D eigenvalue weighted by Gasteiger charge is 2.19. The van der Waals surface area contributed by atoms with E-state index < -0.39 is 0 Å². The van der Waals surface area contributed by atoms with Gasteiger partial charge in [0.2, 0.25) is 0 Å². The Hall–Kier alpha value is -0.890. The average molecular weight is 205 g/mol. The number of rotatable bonds is 2. The van der Waals surface area contributed by atoms with Gasteiger partial charge in [0.05, 0.1) is 0 Å². The summed E-state index contributed by atoms with van der Waals surface area (Å²) in [6, 6.07) is 2.16. The number of hydrogen-bond acceptors (Lipinski definition) is 2. The van der Waals surface area contributed by atoms with Crippen molar-refractivity contribution in [2.75, 3.05) is 13.2 Å². The number of ether oxygens (including phenoxy) is 1. The highest BCUT2D eigenvalue weighted by Crippen LogP contribution is 2.31. The fraction of sp³-hybridized carbons (Fsp3) is 0.615. The van der Waals surface area contributed by atoms with Crippen LogP contribution in [-0.2, 0) is 4.74 Å². The smallest absolute Gasteiger partial charge is 0.0471 e. The Morgan fingerprint density at radius 3 is 2.73 bits per heavy atom. The summed E-state index contributed by atoms with van der Waals surface area (Å²) in [5.74, 6) is 1.25. The molecule has 1 aliphatic heterocycles. The van der Waals surface area contributed by atoms with Gasteiger partial charge >= 0.3 is 0 Å². The highest BCUT2D eigenvalue weighted by molar-refractivity contribution is 5.29. The zero-order chi connectivity index (χ0) is 10.7.